The van der Waals surface area contributed by atoms with Crippen molar-refractivity contribution in [3.8, 4) is 5.75 Å². The van der Waals surface area contributed by atoms with Crippen LogP contribution in [0.3, 0.4) is 0 Å². The first kappa shape index (κ1) is 17.0. The minimum atomic E-state index is -4.53. The average Bonchev–Trinajstić information content (AvgIpc) is 2.52. The first-order valence-corrected chi connectivity index (χ1v) is 6.94. The van der Waals surface area contributed by atoms with Crippen LogP contribution in [0.25, 0.3) is 0 Å². The second-order valence-corrected chi connectivity index (χ2v) is 5.18. The lowest BCUT2D eigenvalue weighted by molar-refractivity contribution is -0.153. The number of nitrogens with zero attached hydrogens (tertiary/aromatic N) is 2. The molecule has 1 amide bonds. The number of carboxylic acids is 1. The summed E-state index contributed by atoms with van der Waals surface area (Å²) in [5.74, 6) is -2.59. The van der Waals surface area contributed by atoms with Gasteiger partial charge in [-0.2, -0.15) is 13.2 Å². The summed E-state index contributed by atoms with van der Waals surface area (Å²) in [6.07, 6.45) is -2.30. The Labute approximate surface area is 129 Å². The number of aliphatic carboxylic acids is 1. The standard InChI is InChI=1S/C14H15F3N2O4/c15-14(16,17)8-23-10-4-1-5-18-11(10)12(20)19-6-2-3-9(7-19)13(21)22/h1,4-5,9H,2-3,6-8H2,(H,21,22). The third-order valence-electron chi connectivity index (χ3n) is 3.42. The lowest BCUT2D eigenvalue weighted by Gasteiger charge is -2.30. The van der Waals surface area contributed by atoms with E-state index < -0.39 is 30.6 Å². The molecule has 1 fully saturated rings. The molecule has 9 heteroatoms. The fourth-order valence-corrected chi connectivity index (χ4v) is 2.34. The van der Waals surface area contributed by atoms with Crippen molar-refractivity contribution in [1.82, 2.24) is 9.88 Å². The third-order valence-corrected chi connectivity index (χ3v) is 3.42. The second kappa shape index (κ2) is 6.84. The number of rotatable bonds is 4. The maximum absolute atomic E-state index is 12.4. The summed E-state index contributed by atoms with van der Waals surface area (Å²) in [6, 6.07) is 2.59. The Morgan fingerprint density at radius 1 is 1.43 bits per heavy atom. The highest BCUT2D eigenvalue weighted by molar-refractivity contribution is 5.95. The van der Waals surface area contributed by atoms with Gasteiger partial charge in [-0.3, -0.25) is 9.59 Å². The van der Waals surface area contributed by atoms with Crippen molar-refractivity contribution in [2.75, 3.05) is 19.7 Å². The molecule has 1 unspecified atom stereocenters. The molecule has 2 heterocycles. The van der Waals surface area contributed by atoms with Gasteiger partial charge in [0.2, 0.25) is 0 Å². The molecule has 1 atom stereocenters. The van der Waals surface area contributed by atoms with Gasteiger partial charge in [-0.05, 0) is 25.0 Å². The molecule has 1 N–H and O–H groups in total. The Morgan fingerprint density at radius 2 is 2.17 bits per heavy atom. The summed E-state index contributed by atoms with van der Waals surface area (Å²) in [6.45, 7) is -1.20. The smallest absolute Gasteiger partial charge is 0.422 e. The van der Waals surface area contributed by atoms with Crippen LogP contribution < -0.4 is 4.74 Å². The minimum Gasteiger partial charge on any atom is -0.482 e. The van der Waals surface area contributed by atoms with Gasteiger partial charge in [-0.1, -0.05) is 0 Å². The van der Waals surface area contributed by atoms with E-state index >= 15 is 0 Å². The zero-order valence-corrected chi connectivity index (χ0v) is 12.0. The number of halogens is 3. The van der Waals surface area contributed by atoms with Crippen molar-refractivity contribution >= 4 is 11.9 Å². The molecule has 1 aliphatic heterocycles. The first-order valence-electron chi connectivity index (χ1n) is 6.94. The molecule has 2 rings (SSSR count). The molecule has 0 saturated carbocycles. The molecule has 0 aliphatic carbocycles. The average molecular weight is 332 g/mol. The fraction of sp³-hybridized carbons (Fsp3) is 0.500. The third kappa shape index (κ3) is 4.57. The van der Waals surface area contributed by atoms with Crippen LogP contribution in [-0.2, 0) is 4.79 Å². The normalized spacial score (nSPS) is 18.6. The molecule has 126 valence electrons. The zero-order chi connectivity index (χ0) is 17.0. The number of hydrogen-bond acceptors (Lipinski definition) is 4. The number of pyridine rings is 1. The van der Waals surface area contributed by atoms with Gasteiger partial charge in [0.25, 0.3) is 5.91 Å². The first-order chi connectivity index (χ1) is 10.8. The largest absolute Gasteiger partial charge is 0.482 e. The number of carboxylic acid groups (broad SMARTS) is 1. The van der Waals surface area contributed by atoms with Gasteiger partial charge >= 0.3 is 12.1 Å². The molecule has 0 radical (unpaired) electrons. The Kier molecular flexibility index (Phi) is 5.07. The Hall–Kier alpha value is -2.32. The number of hydrogen-bond donors (Lipinski definition) is 1. The molecule has 0 bridgehead atoms. The molecule has 1 aliphatic rings. The van der Waals surface area contributed by atoms with Crippen molar-refractivity contribution < 1.29 is 32.6 Å². The molecule has 1 aromatic heterocycles. The number of carbonyl (C=O) groups excluding carboxylic acids is 1. The minimum absolute atomic E-state index is 0.00342. The number of ether oxygens (including phenoxy) is 1. The number of likely N-dealkylation sites (tertiary alicyclic amines) is 1. The van der Waals surface area contributed by atoms with Gasteiger partial charge in [0, 0.05) is 19.3 Å². The number of alkyl halides is 3. The molecule has 1 aromatic rings. The highest BCUT2D eigenvalue weighted by Crippen LogP contribution is 2.24. The van der Waals surface area contributed by atoms with E-state index in [9.17, 15) is 22.8 Å². The molecule has 6 nitrogen and oxygen atoms in total. The van der Waals surface area contributed by atoms with E-state index in [1.165, 1.54) is 23.2 Å². The van der Waals surface area contributed by atoms with Crippen molar-refractivity contribution in [3.63, 3.8) is 0 Å². The maximum atomic E-state index is 12.4. The van der Waals surface area contributed by atoms with Gasteiger partial charge in [0.05, 0.1) is 5.92 Å². The van der Waals surface area contributed by atoms with Gasteiger partial charge in [-0.15, -0.1) is 0 Å². The van der Waals surface area contributed by atoms with E-state index in [1.54, 1.807) is 0 Å². The number of carbonyl (C=O) groups is 2. The quantitative estimate of drug-likeness (QED) is 0.912. The lowest BCUT2D eigenvalue weighted by Crippen LogP contribution is -2.42. The number of amides is 1. The van der Waals surface area contributed by atoms with Crippen molar-refractivity contribution in [2.24, 2.45) is 5.92 Å². The van der Waals surface area contributed by atoms with Crippen LogP contribution >= 0.6 is 0 Å². The Balaban J connectivity index is 2.14. The van der Waals surface area contributed by atoms with E-state index in [2.05, 4.69) is 9.72 Å². The topological polar surface area (TPSA) is 79.7 Å². The van der Waals surface area contributed by atoms with Crippen molar-refractivity contribution in [2.45, 2.75) is 19.0 Å². The van der Waals surface area contributed by atoms with Crippen LogP contribution in [0.15, 0.2) is 18.3 Å². The summed E-state index contributed by atoms with van der Waals surface area (Å²) >= 11 is 0. The molecular formula is C14H15F3N2O4. The van der Waals surface area contributed by atoms with Crippen LogP contribution in [0.4, 0.5) is 13.2 Å². The molecule has 23 heavy (non-hydrogen) atoms. The highest BCUT2D eigenvalue weighted by atomic mass is 19.4. The number of piperidine rings is 1. The predicted molar refractivity (Wildman–Crippen MR) is 72.1 cm³/mol. The fourth-order valence-electron chi connectivity index (χ4n) is 2.34. The summed E-state index contributed by atoms with van der Waals surface area (Å²) in [4.78, 5) is 28.5. The van der Waals surface area contributed by atoms with E-state index in [1.807, 2.05) is 0 Å². The van der Waals surface area contributed by atoms with Gasteiger partial charge in [-0.25, -0.2) is 4.98 Å². The van der Waals surface area contributed by atoms with Gasteiger partial charge in [0.1, 0.15) is 0 Å². The lowest BCUT2D eigenvalue weighted by atomic mass is 9.98. The second-order valence-electron chi connectivity index (χ2n) is 5.18. The van der Waals surface area contributed by atoms with Gasteiger partial charge < -0.3 is 14.7 Å². The molecule has 0 spiro atoms. The van der Waals surface area contributed by atoms with Crippen LogP contribution in [0.5, 0.6) is 5.75 Å². The van der Waals surface area contributed by atoms with E-state index in [0.717, 1.165) is 0 Å². The monoisotopic (exact) mass is 332 g/mol. The number of aromatic nitrogens is 1. The summed E-state index contributed by atoms with van der Waals surface area (Å²) in [7, 11) is 0. The molecule has 0 aromatic carbocycles. The summed E-state index contributed by atoms with van der Waals surface area (Å²) < 4.78 is 41.4. The summed E-state index contributed by atoms with van der Waals surface area (Å²) in [5.41, 5.74) is -0.247. The molecule has 1 saturated heterocycles. The van der Waals surface area contributed by atoms with E-state index in [-0.39, 0.29) is 18.0 Å². The SMILES string of the molecule is O=C(O)C1CCCN(C(=O)c2ncccc2OCC(F)(F)F)C1. The Morgan fingerprint density at radius 3 is 2.83 bits per heavy atom. The highest BCUT2D eigenvalue weighted by Gasteiger charge is 2.32. The zero-order valence-electron chi connectivity index (χ0n) is 12.0. The maximum Gasteiger partial charge on any atom is 0.422 e. The van der Waals surface area contributed by atoms with Crippen LogP contribution in [0, 0.1) is 5.92 Å². The predicted octanol–water partition coefficient (Wildman–Crippen LogP) is 1.96. The van der Waals surface area contributed by atoms with Gasteiger partial charge in [0.15, 0.2) is 18.1 Å². The Bertz CT molecular complexity index is 592. The summed E-state index contributed by atoms with van der Waals surface area (Å²) in [5, 5.41) is 9.03. The van der Waals surface area contributed by atoms with Crippen LogP contribution in [0.2, 0.25) is 0 Å². The van der Waals surface area contributed by atoms with Crippen molar-refractivity contribution in [3.05, 3.63) is 24.0 Å². The molecular weight excluding hydrogens is 317 g/mol. The van der Waals surface area contributed by atoms with Crippen LogP contribution in [0.1, 0.15) is 23.3 Å². The van der Waals surface area contributed by atoms with Crippen LogP contribution in [-0.4, -0.2) is 52.7 Å². The van der Waals surface area contributed by atoms with Crippen molar-refractivity contribution in [1.29, 1.82) is 0 Å². The van der Waals surface area contributed by atoms with E-state index in [4.69, 9.17) is 5.11 Å². The van der Waals surface area contributed by atoms with E-state index in [0.29, 0.717) is 19.4 Å².